The van der Waals surface area contributed by atoms with Gasteiger partial charge in [0.25, 0.3) is 0 Å². The van der Waals surface area contributed by atoms with Crippen LogP contribution in [0.2, 0.25) is 0 Å². The highest BCUT2D eigenvalue weighted by Gasteiger charge is 2.33. The largest absolute Gasteiger partial charge is 0.416 e. The van der Waals surface area contributed by atoms with Crippen LogP contribution in [0.4, 0.5) is 13.2 Å². The first-order chi connectivity index (χ1) is 8.95. The Morgan fingerprint density at radius 1 is 1.11 bits per heavy atom. The molecule has 0 spiro atoms. The normalized spacial score (nSPS) is 19.4. The van der Waals surface area contributed by atoms with Crippen LogP contribution in [0.15, 0.2) is 24.3 Å². The van der Waals surface area contributed by atoms with E-state index in [0.29, 0.717) is 0 Å². The molecule has 4 heteroatoms. The van der Waals surface area contributed by atoms with Crippen LogP contribution < -0.4 is 0 Å². The second kappa shape index (κ2) is 5.86. The van der Waals surface area contributed by atoms with Gasteiger partial charge in [-0.05, 0) is 36.3 Å². The number of benzene rings is 1. The third kappa shape index (κ3) is 3.74. The molecule has 0 heterocycles. The fraction of sp³-hybridized carbons (Fsp3) is 0.600. The molecule has 2 rings (SSSR count). The second-order valence-electron chi connectivity index (χ2n) is 5.57. The molecule has 0 amide bonds. The summed E-state index contributed by atoms with van der Waals surface area (Å²) in [7, 11) is 0. The molecular formula is C15H18BrF3. The third-order valence-electron chi connectivity index (χ3n) is 4.03. The van der Waals surface area contributed by atoms with Gasteiger partial charge in [-0.15, -0.1) is 0 Å². The fourth-order valence-electron chi connectivity index (χ4n) is 2.95. The lowest BCUT2D eigenvalue weighted by molar-refractivity contribution is -0.137. The molecule has 1 fully saturated rings. The van der Waals surface area contributed by atoms with Gasteiger partial charge in [-0.2, -0.15) is 13.2 Å². The summed E-state index contributed by atoms with van der Waals surface area (Å²) in [5.41, 5.74) is 0.407. The Hall–Kier alpha value is -0.510. The van der Waals surface area contributed by atoms with Crippen molar-refractivity contribution in [2.45, 2.75) is 44.7 Å². The van der Waals surface area contributed by atoms with Crippen LogP contribution in [0.25, 0.3) is 0 Å². The average Bonchev–Trinajstić information content (AvgIpc) is 2.39. The Bertz CT molecular complexity index is 420. The number of halogens is 4. The first-order valence-electron chi connectivity index (χ1n) is 6.67. The molecule has 0 nitrogen and oxygen atoms in total. The molecule has 106 valence electrons. The third-order valence-corrected chi connectivity index (χ3v) is 5.22. The van der Waals surface area contributed by atoms with E-state index in [-0.39, 0.29) is 5.41 Å². The second-order valence-corrected chi connectivity index (χ2v) is 6.13. The molecule has 0 aromatic heterocycles. The maximum atomic E-state index is 12.7. The monoisotopic (exact) mass is 334 g/mol. The van der Waals surface area contributed by atoms with E-state index in [1.807, 2.05) is 6.07 Å². The average molecular weight is 335 g/mol. The van der Waals surface area contributed by atoms with Crippen molar-refractivity contribution in [2.75, 3.05) is 5.33 Å². The summed E-state index contributed by atoms with van der Waals surface area (Å²) >= 11 is 3.56. The summed E-state index contributed by atoms with van der Waals surface area (Å²) < 4.78 is 38.1. The van der Waals surface area contributed by atoms with Crippen LogP contribution in [0, 0.1) is 5.41 Å². The zero-order valence-corrected chi connectivity index (χ0v) is 12.4. The van der Waals surface area contributed by atoms with Gasteiger partial charge in [0.15, 0.2) is 0 Å². The predicted molar refractivity (Wildman–Crippen MR) is 74.5 cm³/mol. The molecule has 1 aliphatic rings. The van der Waals surface area contributed by atoms with Gasteiger partial charge in [-0.1, -0.05) is 53.4 Å². The lowest BCUT2D eigenvalue weighted by Gasteiger charge is -2.36. The van der Waals surface area contributed by atoms with E-state index in [1.54, 1.807) is 0 Å². The molecule has 0 atom stereocenters. The maximum absolute atomic E-state index is 12.7. The van der Waals surface area contributed by atoms with Crippen LogP contribution in [-0.2, 0) is 12.6 Å². The SMILES string of the molecule is FC(F)(F)c1cccc(CC2(CBr)CCCCC2)c1. The predicted octanol–water partition coefficient (Wildman–Crippen LogP) is 5.59. The van der Waals surface area contributed by atoms with E-state index in [9.17, 15) is 13.2 Å². The van der Waals surface area contributed by atoms with E-state index in [1.165, 1.54) is 31.4 Å². The Kier molecular flexibility index (Phi) is 4.59. The van der Waals surface area contributed by atoms with E-state index in [4.69, 9.17) is 0 Å². The van der Waals surface area contributed by atoms with Crippen LogP contribution in [0.3, 0.4) is 0 Å². The summed E-state index contributed by atoms with van der Waals surface area (Å²) in [5, 5.41) is 0.871. The molecule has 0 N–H and O–H groups in total. The van der Waals surface area contributed by atoms with Crippen molar-refractivity contribution in [2.24, 2.45) is 5.41 Å². The molecular weight excluding hydrogens is 317 g/mol. The van der Waals surface area contributed by atoms with Gasteiger partial charge in [0, 0.05) is 5.33 Å². The molecule has 0 radical (unpaired) electrons. The maximum Gasteiger partial charge on any atom is 0.416 e. The minimum Gasteiger partial charge on any atom is -0.166 e. The molecule has 19 heavy (non-hydrogen) atoms. The van der Waals surface area contributed by atoms with Gasteiger partial charge in [0.1, 0.15) is 0 Å². The van der Waals surface area contributed by atoms with Crippen LogP contribution in [0.5, 0.6) is 0 Å². The minimum atomic E-state index is -4.25. The topological polar surface area (TPSA) is 0 Å². The fourth-order valence-corrected chi connectivity index (χ4v) is 3.71. The Labute approximate surface area is 120 Å². The smallest absolute Gasteiger partial charge is 0.166 e. The van der Waals surface area contributed by atoms with Gasteiger partial charge >= 0.3 is 6.18 Å². The van der Waals surface area contributed by atoms with Crippen molar-refractivity contribution in [3.05, 3.63) is 35.4 Å². The van der Waals surface area contributed by atoms with Crippen LogP contribution in [0.1, 0.15) is 43.2 Å². The summed E-state index contributed by atoms with van der Waals surface area (Å²) in [6.45, 7) is 0. The summed E-state index contributed by atoms with van der Waals surface area (Å²) in [5.74, 6) is 0. The zero-order chi connectivity index (χ0) is 13.9. The molecule has 1 saturated carbocycles. The van der Waals surface area contributed by atoms with Crippen molar-refractivity contribution < 1.29 is 13.2 Å². The molecule has 0 bridgehead atoms. The Morgan fingerprint density at radius 2 is 1.79 bits per heavy atom. The molecule has 1 aromatic rings. The number of alkyl halides is 4. The molecule has 0 saturated heterocycles. The van der Waals surface area contributed by atoms with Gasteiger partial charge in [0.05, 0.1) is 5.56 Å². The molecule has 1 aromatic carbocycles. The summed E-state index contributed by atoms with van der Waals surface area (Å²) in [6.07, 6.45) is 2.32. The highest BCUT2D eigenvalue weighted by atomic mass is 79.9. The van der Waals surface area contributed by atoms with Crippen molar-refractivity contribution in [3.63, 3.8) is 0 Å². The van der Waals surface area contributed by atoms with E-state index >= 15 is 0 Å². The molecule has 1 aliphatic carbocycles. The van der Waals surface area contributed by atoms with Gasteiger partial charge in [0.2, 0.25) is 0 Å². The Balaban J connectivity index is 2.18. The number of rotatable bonds is 3. The van der Waals surface area contributed by atoms with Crippen LogP contribution in [-0.4, -0.2) is 5.33 Å². The highest BCUT2D eigenvalue weighted by Crippen LogP contribution is 2.41. The minimum absolute atomic E-state index is 0.141. The van der Waals surface area contributed by atoms with Crippen molar-refractivity contribution in [3.8, 4) is 0 Å². The standard InChI is InChI=1S/C15H18BrF3/c16-11-14(7-2-1-3-8-14)10-12-5-4-6-13(9-12)15(17,18)19/h4-6,9H,1-3,7-8,10-11H2. The van der Waals surface area contributed by atoms with E-state index in [2.05, 4.69) is 15.9 Å². The number of hydrogen-bond donors (Lipinski definition) is 0. The molecule has 0 unspecified atom stereocenters. The summed E-state index contributed by atoms with van der Waals surface area (Å²) in [4.78, 5) is 0. The first-order valence-corrected chi connectivity index (χ1v) is 7.79. The zero-order valence-electron chi connectivity index (χ0n) is 10.8. The first kappa shape index (κ1) is 14.9. The highest BCUT2D eigenvalue weighted by molar-refractivity contribution is 9.09. The lowest BCUT2D eigenvalue weighted by atomic mass is 9.72. The Morgan fingerprint density at radius 3 is 2.37 bits per heavy atom. The quantitative estimate of drug-likeness (QED) is 0.632. The lowest BCUT2D eigenvalue weighted by Crippen LogP contribution is -2.28. The van der Waals surface area contributed by atoms with Crippen molar-refractivity contribution >= 4 is 15.9 Å². The van der Waals surface area contributed by atoms with Gasteiger partial charge in [-0.25, -0.2) is 0 Å². The summed E-state index contributed by atoms with van der Waals surface area (Å²) in [6, 6.07) is 5.78. The van der Waals surface area contributed by atoms with Gasteiger partial charge < -0.3 is 0 Å². The van der Waals surface area contributed by atoms with E-state index < -0.39 is 11.7 Å². The van der Waals surface area contributed by atoms with Crippen molar-refractivity contribution in [1.82, 2.24) is 0 Å². The van der Waals surface area contributed by atoms with E-state index in [0.717, 1.165) is 36.2 Å². The van der Waals surface area contributed by atoms with Crippen molar-refractivity contribution in [1.29, 1.82) is 0 Å². The van der Waals surface area contributed by atoms with Gasteiger partial charge in [-0.3, -0.25) is 0 Å². The molecule has 0 aliphatic heterocycles. The number of hydrogen-bond acceptors (Lipinski definition) is 0. The van der Waals surface area contributed by atoms with Crippen LogP contribution >= 0.6 is 15.9 Å².